The van der Waals surface area contributed by atoms with Gasteiger partial charge >= 0.3 is 12.4 Å². The summed E-state index contributed by atoms with van der Waals surface area (Å²) in [4.78, 5) is 15.0. The lowest BCUT2D eigenvalue weighted by Crippen LogP contribution is -2.34. The first-order chi connectivity index (χ1) is 27.2. The van der Waals surface area contributed by atoms with Gasteiger partial charge in [-0.05, 0) is 78.6 Å². The van der Waals surface area contributed by atoms with E-state index >= 15 is 0 Å². The van der Waals surface area contributed by atoms with E-state index in [4.69, 9.17) is 23.7 Å². The summed E-state index contributed by atoms with van der Waals surface area (Å²) in [5.74, 6) is 2.65. The Hall–Kier alpha value is -6.05. The minimum absolute atomic E-state index is 0.0887. The third kappa shape index (κ3) is 12.5. The van der Waals surface area contributed by atoms with Crippen LogP contribution in [0.25, 0.3) is 0 Å². The van der Waals surface area contributed by atoms with Gasteiger partial charge < -0.3 is 33.9 Å². The summed E-state index contributed by atoms with van der Waals surface area (Å²) in [6, 6.07) is 28.0. The van der Waals surface area contributed by atoms with E-state index in [9.17, 15) is 31.1 Å². The molecule has 0 spiro atoms. The normalized spacial score (nSPS) is 11.1. The second-order valence-electron chi connectivity index (χ2n) is 12.5. The van der Waals surface area contributed by atoms with Crippen LogP contribution in [0.1, 0.15) is 27.8 Å². The van der Waals surface area contributed by atoms with Crippen LogP contribution < -0.4 is 33.9 Å². The smallest absolute Gasteiger partial charge is 0.416 e. The van der Waals surface area contributed by atoms with Gasteiger partial charge in [0.1, 0.15) is 5.75 Å². The summed E-state index contributed by atoms with van der Waals surface area (Å²) < 4.78 is 103. The molecule has 57 heavy (non-hydrogen) atoms. The van der Waals surface area contributed by atoms with Crippen molar-refractivity contribution in [2.24, 2.45) is 0 Å². The fourth-order valence-corrected chi connectivity index (χ4v) is 5.76. The summed E-state index contributed by atoms with van der Waals surface area (Å²) in [6.45, 7) is 0.857. The summed E-state index contributed by atoms with van der Waals surface area (Å²) in [7, 11) is 7.69. The van der Waals surface area contributed by atoms with Gasteiger partial charge in [-0.15, -0.1) is 0 Å². The molecule has 0 heterocycles. The van der Waals surface area contributed by atoms with Crippen LogP contribution in [0.2, 0.25) is 0 Å². The van der Waals surface area contributed by atoms with Crippen molar-refractivity contribution in [3.63, 3.8) is 0 Å². The van der Waals surface area contributed by atoms with E-state index in [1.165, 1.54) is 38.5 Å². The maximum absolute atomic E-state index is 13.4. The third-order valence-electron chi connectivity index (χ3n) is 8.83. The number of hydrogen-bond acceptors (Lipinski definition) is 7. The van der Waals surface area contributed by atoms with Crippen molar-refractivity contribution in [3.8, 4) is 28.7 Å². The maximum atomic E-state index is 13.4. The van der Waals surface area contributed by atoms with Gasteiger partial charge in [0.25, 0.3) is 0 Å². The largest absolute Gasteiger partial charge is 0.496 e. The van der Waals surface area contributed by atoms with Crippen LogP contribution in [0.3, 0.4) is 0 Å². The van der Waals surface area contributed by atoms with E-state index in [0.717, 1.165) is 41.1 Å². The fourth-order valence-electron chi connectivity index (χ4n) is 5.76. The van der Waals surface area contributed by atoms with Crippen molar-refractivity contribution in [2.75, 3.05) is 58.9 Å². The number of hydrogen-bond donors (Lipinski definition) is 1. The number of halogens is 6. The molecule has 8 nitrogen and oxygen atoms in total. The highest BCUT2D eigenvalue weighted by Crippen LogP contribution is 2.34. The summed E-state index contributed by atoms with van der Waals surface area (Å²) in [5, 5.41) is 3.21. The lowest BCUT2D eigenvalue weighted by molar-refractivity contribution is -0.138. The molecule has 0 aliphatic carbocycles. The highest BCUT2D eigenvalue weighted by Gasteiger charge is 2.31. The second kappa shape index (κ2) is 20.2. The average Bonchev–Trinajstić information content (AvgIpc) is 3.20. The Bertz CT molecular complexity index is 2040. The monoisotopic (exact) mass is 798 g/mol. The molecule has 0 atom stereocenters. The molecule has 0 saturated heterocycles. The molecular formula is C43H44F6N2O6. The SMILES string of the molecule is COc1ccc(NCCc2ccc(C(F)(F)F)cc2)cc1OC.COc1ccccc1CC(=O)N(CCc1ccc(C(F)(F)F)cc1)c1ccc(OC)c(OC)c1. The molecule has 14 heteroatoms. The highest BCUT2D eigenvalue weighted by atomic mass is 19.4. The Morgan fingerprint density at radius 1 is 0.561 bits per heavy atom. The summed E-state index contributed by atoms with van der Waals surface area (Å²) >= 11 is 0. The Balaban J connectivity index is 0.000000273. The lowest BCUT2D eigenvalue weighted by Gasteiger charge is -2.24. The number of carbonyl (C=O) groups excluding carboxylic acids is 1. The Morgan fingerprint density at radius 2 is 1.05 bits per heavy atom. The van der Waals surface area contributed by atoms with Gasteiger partial charge in [0.2, 0.25) is 5.91 Å². The first kappa shape index (κ1) is 43.7. The van der Waals surface area contributed by atoms with Gasteiger partial charge in [0, 0.05) is 42.2 Å². The van der Waals surface area contributed by atoms with Crippen LogP contribution in [0, 0.1) is 0 Å². The van der Waals surface area contributed by atoms with Gasteiger partial charge in [0.05, 0.1) is 53.1 Å². The molecule has 0 radical (unpaired) electrons. The van der Waals surface area contributed by atoms with Gasteiger partial charge in [-0.1, -0.05) is 42.5 Å². The van der Waals surface area contributed by atoms with Gasteiger partial charge in [-0.2, -0.15) is 26.3 Å². The average molecular weight is 799 g/mol. The molecule has 0 saturated carbocycles. The number of benzene rings is 5. The zero-order chi connectivity index (χ0) is 41.6. The van der Waals surface area contributed by atoms with Crippen LogP contribution in [0.5, 0.6) is 28.7 Å². The van der Waals surface area contributed by atoms with Crippen molar-refractivity contribution in [1.29, 1.82) is 0 Å². The lowest BCUT2D eigenvalue weighted by atomic mass is 10.1. The minimum atomic E-state index is -4.39. The first-order valence-corrected chi connectivity index (χ1v) is 17.6. The number of anilines is 2. The number of ether oxygens (including phenoxy) is 5. The topological polar surface area (TPSA) is 78.5 Å². The molecule has 0 aliphatic heterocycles. The molecule has 0 fully saturated rings. The predicted octanol–water partition coefficient (Wildman–Crippen LogP) is 9.93. The van der Waals surface area contributed by atoms with E-state index in [1.54, 1.807) is 56.6 Å². The Morgan fingerprint density at radius 3 is 1.58 bits per heavy atom. The number of para-hydroxylation sites is 1. The minimum Gasteiger partial charge on any atom is -0.496 e. The van der Waals surface area contributed by atoms with Crippen molar-refractivity contribution in [3.05, 3.63) is 137 Å². The molecule has 5 rings (SSSR count). The van der Waals surface area contributed by atoms with Gasteiger partial charge in [-0.3, -0.25) is 4.79 Å². The molecule has 0 bridgehead atoms. The molecule has 0 aromatic heterocycles. The molecule has 304 valence electrons. The van der Waals surface area contributed by atoms with E-state index in [-0.39, 0.29) is 18.9 Å². The number of methoxy groups -OCH3 is 5. The highest BCUT2D eigenvalue weighted by molar-refractivity contribution is 5.95. The number of nitrogens with zero attached hydrogens (tertiary/aromatic N) is 1. The quantitative estimate of drug-likeness (QED) is 0.106. The van der Waals surface area contributed by atoms with Crippen molar-refractivity contribution in [2.45, 2.75) is 31.6 Å². The van der Waals surface area contributed by atoms with Crippen LogP contribution in [0.4, 0.5) is 37.7 Å². The van der Waals surface area contributed by atoms with Crippen LogP contribution >= 0.6 is 0 Å². The fraction of sp³-hybridized carbons (Fsp3) is 0.279. The van der Waals surface area contributed by atoms with Crippen LogP contribution in [0.15, 0.2) is 109 Å². The van der Waals surface area contributed by atoms with Crippen molar-refractivity contribution < 1.29 is 54.8 Å². The standard InChI is InChI=1S/C26H26F3NO4.C17H18F3NO2/c1-32-22-7-5-4-6-19(22)16-25(31)30(21-12-13-23(33-2)24(17-21)34-3)15-14-18-8-10-20(11-9-18)26(27,28)29;1-22-15-8-7-14(11-16(15)23-2)21-10-9-12-3-5-13(6-4-12)17(18,19)20/h4-13,17H,14-16H2,1-3H3;3-8,11,21H,9-10H2,1-2H3. The van der Waals surface area contributed by atoms with Crippen molar-refractivity contribution in [1.82, 2.24) is 0 Å². The third-order valence-corrected chi connectivity index (χ3v) is 8.83. The van der Waals surface area contributed by atoms with Crippen LogP contribution in [-0.4, -0.2) is 54.5 Å². The predicted molar refractivity (Wildman–Crippen MR) is 207 cm³/mol. The van der Waals surface area contributed by atoms with Crippen molar-refractivity contribution >= 4 is 17.3 Å². The molecule has 1 N–H and O–H groups in total. The molecule has 5 aromatic carbocycles. The Kier molecular flexibility index (Phi) is 15.5. The van der Waals surface area contributed by atoms with Gasteiger partial charge in [0.15, 0.2) is 23.0 Å². The number of alkyl halides is 6. The van der Waals surface area contributed by atoms with E-state index in [2.05, 4.69) is 5.32 Å². The Labute approximate surface area is 327 Å². The molecule has 5 aromatic rings. The van der Waals surface area contributed by atoms with E-state index in [1.807, 2.05) is 30.3 Å². The van der Waals surface area contributed by atoms with E-state index in [0.29, 0.717) is 59.4 Å². The summed E-state index contributed by atoms with van der Waals surface area (Å²) in [6.07, 6.45) is -7.62. The van der Waals surface area contributed by atoms with Crippen LogP contribution in [-0.2, 0) is 36.4 Å². The zero-order valence-electron chi connectivity index (χ0n) is 32.1. The zero-order valence-corrected chi connectivity index (χ0v) is 32.1. The number of carbonyl (C=O) groups is 1. The molecular weight excluding hydrogens is 754 g/mol. The van der Waals surface area contributed by atoms with E-state index < -0.39 is 23.5 Å². The number of rotatable bonds is 15. The first-order valence-electron chi connectivity index (χ1n) is 17.6. The molecule has 0 aliphatic rings. The summed E-state index contributed by atoms with van der Waals surface area (Å²) in [5.41, 5.74) is 2.36. The second-order valence-corrected chi connectivity index (χ2v) is 12.5. The van der Waals surface area contributed by atoms with Gasteiger partial charge in [-0.25, -0.2) is 0 Å². The molecule has 1 amide bonds. The molecule has 0 unspecified atom stereocenters. The number of nitrogens with one attached hydrogen (secondary N) is 1. The number of amides is 1. The maximum Gasteiger partial charge on any atom is 0.416 e.